The summed E-state index contributed by atoms with van der Waals surface area (Å²) in [5.41, 5.74) is -8.00. The van der Waals surface area contributed by atoms with Crippen molar-refractivity contribution >= 4 is 62.4 Å². The number of nitrogens with zero attached hydrogens (tertiary/aromatic N) is 3. The number of carbonyl (C=O) groups excluding carboxylic acids is 4. The first-order valence-electron chi connectivity index (χ1n) is 12.0. The third-order valence-electron chi connectivity index (χ3n) is 5.97. The average molecular weight is 660 g/mol. The Kier molecular flexibility index (Phi) is 9.63. The van der Waals surface area contributed by atoms with Crippen LogP contribution < -0.4 is 0 Å². The van der Waals surface area contributed by atoms with Crippen LogP contribution in [0.1, 0.15) is 50.7 Å². The Bertz CT molecular complexity index is 1460. The molecule has 3 rings (SSSR count). The van der Waals surface area contributed by atoms with Crippen LogP contribution in [-0.2, 0) is 47.8 Å². The summed E-state index contributed by atoms with van der Waals surface area (Å²) in [5, 5.41) is 4.20. The first-order valence-corrected chi connectivity index (χ1v) is 14.6. The van der Waals surface area contributed by atoms with Crippen molar-refractivity contribution in [1.29, 1.82) is 0 Å². The van der Waals surface area contributed by atoms with Gasteiger partial charge in [-0.1, -0.05) is 16.8 Å². The lowest BCUT2D eigenvalue weighted by molar-refractivity contribution is -0.175. The van der Waals surface area contributed by atoms with E-state index in [1.54, 1.807) is 6.92 Å². The minimum absolute atomic E-state index is 0.0281. The quantitative estimate of drug-likeness (QED) is 0.0688. The molecule has 42 heavy (non-hydrogen) atoms. The predicted octanol–water partition coefficient (Wildman–Crippen LogP) is 3.20. The van der Waals surface area contributed by atoms with Gasteiger partial charge in [0, 0.05) is 18.9 Å². The fraction of sp³-hybridized carbons (Fsp3) is 0.565. The zero-order valence-electron chi connectivity index (χ0n) is 22.7. The smallest absolute Gasteiger partial charge is 0.427 e. The number of allylic oxidation sites excluding steroid dienone is 1. The highest BCUT2D eigenvalue weighted by atomic mass is 35.5. The molecule has 0 radical (unpaired) electrons. The van der Waals surface area contributed by atoms with E-state index >= 15 is 0 Å². The van der Waals surface area contributed by atoms with Crippen LogP contribution >= 0.6 is 22.9 Å². The Balaban J connectivity index is 1.88. The topological polar surface area (TPSA) is 168 Å². The van der Waals surface area contributed by atoms with Gasteiger partial charge in [0.25, 0.3) is 0 Å². The monoisotopic (exact) mass is 659 g/mol. The summed E-state index contributed by atoms with van der Waals surface area (Å²) in [7, 11) is -5.05. The van der Waals surface area contributed by atoms with Crippen LogP contribution in [0, 0.1) is 18.3 Å². The number of aromatic nitrogens is 1. The fourth-order valence-electron chi connectivity index (χ4n) is 4.02. The van der Waals surface area contributed by atoms with Crippen LogP contribution in [0.25, 0.3) is 0 Å². The van der Waals surface area contributed by atoms with Gasteiger partial charge >= 0.3 is 27.6 Å². The van der Waals surface area contributed by atoms with Gasteiger partial charge < -0.3 is 18.5 Å². The number of alkyl halides is 3. The number of fused-ring (bicyclic) bond motifs is 1. The van der Waals surface area contributed by atoms with Crippen molar-refractivity contribution in [3.05, 3.63) is 26.5 Å². The number of hydrogen-bond acceptors (Lipinski definition) is 13. The van der Waals surface area contributed by atoms with Crippen LogP contribution in [-0.4, -0.2) is 73.1 Å². The van der Waals surface area contributed by atoms with Crippen molar-refractivity contribution in [2.24, 2.45) is 16.5 Å². The molecule has 0 aromatic carbocycles. The summed E-state index contributed by atoms with van der Waals surface area (Å²) < 4.78 is 76.5. The molecular formula is C23H25ClF3N3O10S2. The normalized spacial score (nSPS) is 19.6. The number of esters is 2. The van der Waals surface area contributed by atoms with Crippen molar-refractivity contribution in [3.63, 3.8) is 0 Å². The molecule has 19 heteroatoms. The molecule has 2 aliphatic heterocycles. The molecule has 2 aliphatic rings. The van der Waals surface area contributed by atoms with E-state index in [0.29, 0.717) is 9.91 Å². The van der Waals surface area contributed by atoms with Gasteiger partial charge in [-0.2, -0.15) is 21.6 Å². The lowest BCUT2D eigenvalue weighted by Crippen LogP contribution is -2.63. The molecule has 1 aromatic rings. The van der Waals surface area contributed by atoms with Crippen molar-refractivity contribution in [2.75, 3.05) is 13.9 Å². The number of hydrogen-bond donors (Lipinski definition) is 0. The molecule has 1 fully saturated rings. The Morgan fingerprint density at radius 3 is 2.36 bits per heavy atom. The molecule has 3 heterocycles. The Morgan fingerprint density at radius 2 is 1.83 bits per heavy atom. The molecule has 13 nitrogen and oxygen atoms in total. The summed E-state index contributed by atoms with van der Waals surface area (Å²) in [4.78, 5) is 60.7. The van der Waals surface area contributed by atoms with E-state index in [9.17, 15) is 40.8 Å². The molecule has 0 aliphatic carbocycles. The molecule has 0 N–H and O–H groups in total. The second kappa shape index (κ2) is 12.2. The molecule has 1 amide bonds. The van der Waals surface area contributed by atoms with E-state index in [-0.39, 0.29) is 22.2 Å². The summed E-state index contributed by atoms with van der Waals surface area (Å²) in [5.74, 6) is -5.97. The van der Waals surface area contributed by atoms with E-state index in [1.807, 2.05) is 0 Å². The predicted molar refractivity (Wildman–Crippen MR) is 138 cm³/mol. The third kappa shape index (κ3) is 6.86. The number of ketones is 1. The Morgan fingerprint density at radius 1 is 1.19 bits per heavy atom. The van der Waals surface area contributed by atoms with Crippen molar-refractivity contribution < 1.29 is 59.3 Å². The lowest BCUT2D eigenvalue weighted by atomic mass is 9.77. The summed E-state index contributed by atoms with van der Waals surface area (Å²) in [6, 6.07) is -0.932. The van der Waals surface area contributed by atoms with E-state index < -0.39 is 87.7 Å². The summed E-state index contributed by atoms with van der Waals surface area (Å²) in [6.45, 7) is 5.17. The molecule has 0 saturated carbocycles. The lowest BCUT2D eigenvalue weighted by Gasteiger charge is -2.49. The fourth-order valence-corrected chi connectivity index (χ4v) is 5.65. The number of aryl methyl sites for hydroxylation is 1. The largest absolute Gasteiger partial charge is 0.534 e. The zero-order chi connectivity index (χ0) is 31.8. The van der Waals surface area contributed by atoms with E-state index in [1.165, 1.54) is 27.9 Å². The number of oxime groups is 1. The Hall–Kier alpha value is -3.25. The maximum Gasteiger partial charge on any atom is 0.534 e. The first-order chi connectivity index (χ1) is 19.3. The molecule has 1 aromatic heterocycles. The van der Waals surface area contributed by atoms with Crippen LogP contribution in [0.5, 0.6) is 0 Å². The molecule has 2 atom stereocenters. The second-order valence-corrected chi connectivity index (χ2v) is 13.4. The number of halogens is 4. The van der Waals surface area contributed by atoms with Gasteiger partial charge in [-0.25, -0.2) is 9.78 Å². The summed E-state index contributed by atoms with van der Waals surface area (Å²) in [6.07, 6.45) is -1.19. The number of Topliss-reactive ketones (excluding diaryl/α,β-unsaturated/α-hetero) is 1. The summed E-state index contributed by atoms with van der Waals surface area (Å²) >= 11 is 7.22. The molecule has 0 spiro atoms. The third-order valence-corrected chi connectivity index (χ3v) is 8.13. The Labute approximate surface area is 246 Å². The van der Waals surface area contributed by atoms with Gasteiger partial charge in [-0.05, 0) is 34.1 Å². The minimum atomic E-state index is -6.23. The number of β-lactam (4-membered cyclic amide) rings is 1. The molecule has 232 valence electrons. The van der Waals surface area contributed by atoms with Crippen molar-refractivity contribution in [3.8, 4) is 0 Å². The molecule has 0 bridgehead atoms. The number of carbonyl (C=O) groups is 4. The molecule has 1 saturated heterocycles. The van der Waals surface area contributed by atoms with Crippen LogP contribution in [0.2, 0.25) is 4.34 Å². The highest BCUT2D eigenvalue weighted by Gasteiger charge is 2.56. The van der Waals surface area contributed by atoms with Gasteiger partial charge in [-0.3, -0.25) is 19.3 Å². The highest BCUT2D eigenvalue weighted by Crippen LogP contribution is 2.44. The van der Waals surface area contributed by atoms with Crippen LogP contribution in [0.4, 0.5) is 13.2 Å². The zero-order valence-corrected chi connectivity index (χ0v) is 25.1. The maximum atomic E-state index is 13.2. The maximum absolute atomic E-state index is 13.2. The van der Waals surface area contributed by atoms with E-state index in [2.05, 4.69) is 14.3 Å². The minimum Gasteiger partial charge on any atom is -0.427 e. The SMILES string of the molecule is CO/N=C(\C(=O)C[C@@H]1C(=O)N2C(C(=O)OCOC(=O)C(C)(C)C)=C(OS(=O)(=O)C(F)(F)F)CC[C@H]12)c1nc(C)sc1Cl. The van der Waals surface area contributed by atoms with Gasteiger partial charge in [-0.15, -0.1) is 11.3 Å². The van der Waals surface area contributed by atoms with Crippen molar-refractivity contribution in [2.45, 2.75) is 58.5 Å². The van der Waals surface area contributed by atoms with Crippen LogP contribution in [0.3, 0.4) is 0 Å². The van der Waals surface area contributed by atoms with E-state index in [4.69, 9.17) is 25.9 Å². The van der Waals surface area contributed by atoms with Crippen LogP contribution in [0.15, 0.2) is 16.6 Å². The molecule has 0 unspecified atom stereocenters. The average Bonchev–Trinajstić information content (AvgIpc) is 3.20. The standard InChI is InChI=1S/C23H25ClF3N3O10S2/c1-10-28-16(18(24)41-10)15(29-37-5)13(31)8-11-12-6-7-14(40-42(35,36)23(25,26)27)17(30(12)19(11)32)20(33)38-9-39-21(34)22(2,3)4/h11-12H,6-9H2,1-5H3/b29-15+/t11-,12+/m0/s1. The van der Waals surface area contributed by atoms with Gasteiger partial charge in [0.1, 0.15) is 17.1 Å². The van der Waals surface area contributed by atoms with Gasteiger partial charge in [0.2, 0.25) is 12.7 Å². The van der Waals surface area contributed by atoms with Gasteiger partial charge in [0.15, 0.2) is 23.0 Å². The second-order valence-electron chi connectivity index (χ2n) is 10.0. The molecular weight excluding hydrogens is 635 g/mol. The number of amides is 1. The highest BCUT2D eigenvalue weighted by molar-refractivity contribution is 7.87. The number of ether oxygens (including phenoxy) is 2. The van der Waals surface area contributed by atoms with E-state index in [0.717, 1.165) is 11.3 Å². The number of rotatable bonds is 10. The number of thiazole rings is 1. The first kappa shape index (κ1) is 33.3. The van der Waals surface area contributed by atoms with Crippen molar-refractivity contribution in [1.82, 2.24) is 9.88 Å². The van der Waals surface area contributed by atoms with Gasteiger partial charge in [0.05, 0.1) is 16.3 Å².